The highest BCUT2D eigenvalue weighted by Crippen LogP contribution is 2.27. The lowest BCUT2D eigenvalue weighted by Gasteiger charge is -2.32. The van der Waals surface area contributed by atoms with Crippen molar-refractivity contribution in [1.82, 2.24) is 5.32 Å². The van der Waals surface area contributed by atoms with E-state index in [0.29, 0.717) is 0 Å². The van der Waals surface area contributed by atoms with Crippen LogP contribution in [0.1, 0.15) is 79.1 Å². The summed E-state index contributed by atoms with van der Waals surface area (Å²) >= 11 is 0. The molecule has 17 heavy (non-hydrogen) atoms. The van der Waals surface area contributed by atoms with Crippen molar-refractivity contribution in [2.45, 2.75) is 91.1 Å². The van der Waals surface area contributed by atoms with Gasteiger partial charge in [-0.05, 0) is 44.4 Å². The predicted molar refractivity (Wildman–Crippen MR) is 77.3 cm³/mol. The lowest BCUT2D eigenvalue weighted by atomic mass is 9.84. The van der Waals surface area contributed by atoms with E-state index in [-0.39, 0.29) is 0 Å². The van der Waals surface area contributed by atoms with Gasteiger partial charge < -0.3 is 5.32 Å². The topological polar surface area (TPSA) is 12.0 Å². The van der Waals surface area contributed by atoms with Gasteiger partial charge >= 0.3 is 0 Å². The molecule has 1 N–H and O–H groups in total. The monoisotopic (exact) mass is 239 g/mol. The van der Waals surface area contributed by atoms with E-state index in [1.165, 1.54) is 51.4 Å². The molecule has 0 aromatic heterocycles. The molecule has 1 heteroatoms. The Balaban J connectivity index is 2.32. The Labute approximate surface area is 109 Å². The maximum atomic E-state index is 3.90. The van der Waals surface area contributed by atoms with E-state index in [1.54, 1.807) is 0 Å². The SMILES string of the molecule is CCC(C)CC(CC)N[C@H](C)C1CCCCC1. The Morgan fingerprint density at radius 2 is 1.65 bits per heavy atom. The molecule has 0 aromatic carbocycles. The lowest BCUT2D eigenvalue weighted by Crippen LogP contribution is -2.42. The van der Waals surface area contributed by atoms with E-state index < -0.39 is 0 Å². The first-order chi connectivity index (χ1) is 8.17. The third kappa shape index (κ3) is 5.42. The van der Waals surface area contributed by atoms with Gasteiger partial charge in [-0.3, -0.25) is 0 Å². The summed E-state index contributed by atoms with van der Waals surface area (Å²) in [5, 5.41) is 3.90. The summed E-state index contributed by atoms with van der Waals surface area (Å²) < 4.78 is 0. The van der Waals surface area contributed by atoms with Crippen LogP contribution >= 0.6 is 0 Å². The summed E-state index contributed by atoms with van der Waals surface area (Å²) in [6, 6.07) is 1.46. The molecule has 102 valence electrons. The first kappa shape index (κ1) is 15.0. The van der Waals surface area contributed by atoms with Crippen molar-refractivity contribution in [3.05, 3.63) is 0 Å². The Morgan fingerprint density at radius 1 is 1.00 bits per heavy atom. The van der Waals surface area contributed by atoms with Crippen LogP contribution in [0.5, 0.6) is 0 Å². The average Bonchev–Trinajstić information content (AvgIpc) is 2.38. The molecule has 1 fully saturated rings. The second kappa shape index (κ2) is 8.13. The molecule has 0 saturated heterocycles. The van der Waals surface area contributed by atoms with E-state index in [2.05, 4.69) is 33.0 Å². The van der Waals surface area contributed by atoms with Crippen molar-refractivity contribution in [2.75, 3.05) is 0 Å². The van der Waals surface area contributed by atoms with Gasteiger partial charge in [0.05, 0.1) is 0 Å². The van der Waals surface area contributed by atoms with Crippen molar-refractivity contribution in [2.24, 2.45) is 11.8 Å². The molecule has 0 radical (unpaired) electrons. The standard InChI is InChI=1S/C16H33N/c1-5-13(3)12-16(6-2)17-14(4)15-10-8-7-9-11-15/h13-17H,5-12H2,1-4H3/t13?,14-,16?/m1/s1. The van der Waals surface area contributed by atoms with Crippen LogP contribution in [0.3, 0.4) is 0 Å². The first-order valence-corrected chi connectivity index (χ1v) is 7.93. The van der Waals surface area contributed by atoms with Gasteiger partial charge in [0.2, 0.25) is 0 Å². The van der Waals surface area contributed by atoms with Crippen molar-refractivity contribution >= 4 is 0 Å². The Hall–Kier alpha value is -0.0400. The maximum Gasteiger partial charge on any atom is 0.00695 e. The van der Waals surface area contributed by atoms with Crippen LogP contribution in [0.2, 0.25) is 0 Å². The number of hydrogen-bond donors (Lipinski definition) is 1. The zero-order valence-corrected chi connectivity index (χ0v) is 12.5. The highest BCUT2D eigenvalue weighted by molar-refractivity contribution is 4.79. The molecule has 0 bridgehead atoms. The third-order valence-corrected chi connectivity index (χ3v) is 4.73. The predicted octanol–water partition coefficient (Wildman–Crippen LogP) is 4.76. The summed E-state index contributed by atoms with van der Waals surface area (Å²) in [6.07, 6.45) is 11.2. The van der Waals surface area contributed by atoms with Gasteiger partial charge in [-0.25, -0.2) is 0 Å². The molecule has 1 aliphatic rings. The van der Waals surface area contributed by atoms with Crippen LogP contribution in [0, 0.1) is 11.8 Å². The van der Waals surface area contributed by atoms with Gasteiger partial charge in [-0.15, -0.1) is 0 Å². The van der Waals surface area contributed by atoms with Crippen LogP contribution in [-0.4, -0.2) is 12.1 Å². The summed E-state index contributed by atoms with van der Waals surface area (Å²) in [5.41, 5.74) is 0. The van der Waals surface area contributed by atoms with Gasteiger partial charge in [0.15, 0.2) is 0 Å². The fraction of sp³-hybridized carbons (Fsp3) is 1.00. The fourth-order valence-electron chi connectivity index (χ4n) is 3.15. The first-order valence-electron chi connectivity index (χ1n) is 7.93. The Kier molecular flexibility index (Phi) is 7.18. The molecule has 0 aromatic rings. The molecule has 0 spiro atoms. The van der Waals surface area contributed by atoms with Gasteiger partial charge in [0, 0.05) is 12.1 Å². The summed E-state index contributed by atoms with van der Waals surface area (Å²) in [6.45, 7) is 9.43. The van der Waals surface area contributed by atoms with Gasteiger partial charge in [0.1, 0.15) is 0 Å². The van der Waals surface area contributed by atoms with Gasteiger partial charge in [-0.2, -0.15) is 0 Å². The number of rotatable bonds is 7. The molecule has 2 unspecified atom stereocenters. The van der Waals surface area contributed by atoms with Gasteiger partial charge in [-0.1, -0.05) is 46.5 Å². The molecule has 1 saturated carbocycles. The zero-order chi connectivity index (χ0) is 12.7. The molecular formula is C16H33N. The van der Waals surface area contributed by atoms with E-state index in [0.717, 1.165) is 23.9 Å². The Morgan fingerprint density at radius 3 is 2.18 bits per heavy atom. The second-order valence-corrected chi connectivity index (χ2v) is 6.21. The van der Waals surface area contributed by atoms with Crippen molar-refractivity contribution in [3.8, 4) is 0 Å². The molecule has 1 nitrogen and oxygen atoms in total. The molecule has 0 amide bonds. The molecular weight excluding hydrogens is 206 g/mol. The smallest absolute Gasteiger partial charge is 0.00695 e. The lowest BCUT2D eigenvalue weighted by molar-refractivity contribution is 0.248. The van der Waals surface area contributed by atoms with E-state index in [4.69, 9.17) is 0 Å². The molecule has 0 heterocycles. The summed E-state index contributed by atoms with van der Waals surface area (Å²) in [4.78, 5) is 0. The quantitative estimate of drug-likeness (QED) is 0.675. The summed E-state index contributed by atoms with van der Waals surface area (Å²) in [7, 11) is 0. The minimum absolute atomic E-state index is 0.726. The van der Waals surface area contributed by atoms with E-state index in [9.17, 15) is 0 Å². The van der Waals surface area contributed by atoms with Crippen molar-refractivity contribution in [3.63, 3.8) is 0 Å². The van der Waals surface area contributed by atoms with Crippen LogP contribution in [0.25, 0.3) is 0 Å². The third-order valence-electron chi connectivity index (χ3n) is 4.73. The largest absolute Gasteiger partial charge is 0.311 e. The van der Waals surface area contributed by atoms with Crippen LogP contribution < -0.4 is 5.32 Å². The number of nitrogens with one attached hydrogen (secondary N) is 1. The van der Waals surface area contributed by atoms with Crippen molar-refractivity contribution in [1.29, 1.82) is 0 Å². The molecule has 1 aliphatic carbocycles. The van der Waals surface area contributed by atoms with Crippen LogP contribution in [-0.2, 0) is 0 Å². The zero-order valence-electron chi connectivity index (χ0n) is 12.5. The fourth-order valence-corrected chi connectivity index (χ4v) is 3.15. The maximum absolute atomic E-state index is 3.90. The average molecular weight is 239 g/mol. The normalized spacial score (nSPS) is 23.3. The summed E-state index contributed by atoms with van der Waals surface area (Å²) in [5.74, 6) is 1.81. The van der Waals surface area contributed by atoms with E-state index >= 15 is 0 Å². The molecule has 0 aliphatic heterocycles. The minimum Gasteiger partial charge on any atom is -0.311 e. The molecule has 3 atom stereocenters. The number of hydrogen-bond acceptors (Lipinski definition) is 1. The van der Waals surface area contributed by atoms with Crippen molar-refractivity contribution < 1.29 is 0 Å². The highest BCUT2D eigenvalue weighted by Gasteiger charge is 2.22. The molecule has 1 rings (SSSR count). The Bertz CT molecular complexity index is 184. The minimum atomic E-state index is 0.726. The highest BCUT2D eigenvalue weighted by atomic mass is 14.9. The van der Waals surface area contributed by atoms with Crippen LogP contribution in [0.4, 0.5) is 0 Å². The van der Waals surface area contributed by atoms with Crippen LogP contribution in [0.15, 0.2) is 0 Å². The van der Waals surface area contributed by atoms with E-state index in [1.807, 2.05) is 0 Å². The second-order valence-electron chi connectivity index (χ2n) is 6.21. The van der Waals surface area contributed by atoms with Gasteiger partial charge in [0.25, 0.3) is 0 Å².